The average molecular weight is 296 g/mol. The molecule has 0 saturated carbocycles. The second-order valence-electron chi connectivity index (χ2n) is 3.42. The van der Waals surface area contributed by atoms with E-state index in [0.29, 0.717) is 11.4 Å². The van der Waals surface area contributed by atoms with Gasteiger partial charge >= 0.3 is 6.03 Å². The molecule has 0 bridgehead atoms. The normalized spacial score (nSPS) is 10.2. The number of aromatic nitrogens is 3. The van der Waals surface area contributed by atoms with E-state index < -0.39 is 6.03 Å². The van der Waals surface area contributed by atoms with Crippen LogP contribution in [0.4, 0.5) is 4.79 Å². The van der Waals surface area contributed by atoms with Gasteiger partial charge in [0.25, 0.3) is 0 Å². The van der Waals surface area contributed by atoms with Gasteiger partial charge in [-0.05, 0) is 24.3 Å². The maximum Gasteiger partial charge on any atom is 0.332 e. The molecule has 0 aliphatic rings. The van der Waals surface area contributed by atoms with Gasteiger partial charge < -0.3 is 5.73 Å². The third kappa shape index (κ3) is 2.44. The molecule has 0 unspecified atom stereocenters. The van der Waals surface area contributed by atoms with E-state index in [1.54, 1.807) is 6.92 Å². The summed E-state index contributed by atoms with van der Waals surface area (Å²) in [5.74, 6) is 0. The van der Waals surface area contributed by atoms with Crippen LogP contribution >= 0.6 is 15.9 Å². The van der Waals surface area contributed by atoms with Crippen molar-refractivity contribution in [1.29, 1.82) is 0 Å². The average Bonchev–Trinajstić information content (AvgIpc) is 2.61. The van der Waals surface area contributed by atoms with Crippen LogP contribution in [0.15, 0.2) is 28.7 Å². The van der Waals surface area contributed by atoms with Gasteiger partial charge in [0.2, 0.25) is 0 Å². The highest BCUT2D eigenvalue weighted by Crippen LogP contribution is 2.21. The lowest BCUT2D eigenvalue weighted by Crippen LogP contribution is -2.29. The number of amides is 2. The molecule has 0 aliphatic heterocycles. The summed E-state index contributed by atoms with van der Waals surface area (Å²) in [6.07, 6.45) is 0. The number of rotatable bonds is 2. The summed E-state index contributed by atoms with van der Waals surface area (Å²) in [4.78, 5) is 12.0. The first-order chi connectivity index (χ1) is 8.08. The molecule has 17 heavy (non-hydrogen) atoms. The largest absolute Gasteiger partial charge is 0.350 e. The Hall–Kier alpha value is -1.89. The summed E-state index contributed by atoms with van der Waals surface area (Å²) in [5.41, 5.74) is 9.70. The van der Waals surface area contributed by atoms with Gasteiger partial charge in [0.05, 0.1) is 5.69 Å². The van der Waals surface area contributed by atoms with E-state index in [1.807, 2.05) is 24.3 Å². The van der Waals surface area contributed by atoms with E-state index in [0.717, 1.165) is 10.0 Å². The molecule has 0 fully saturated rings. The van der Waals surface area contributed by atoms with Gasteiger partial charge in [-0.15, -0.1) is 5.10 Å². The monoisotopic (exact) mass is 295 g/mol. The zero-order valence-electron chi connectivity index (χ0n) is 9.01. The highest BCUT2D eigenvalue weighted by atomic mass is 79.9. The van der Waals surface area contributed by atoms with E-state index in [-0.39, 0.29) is 0 Å². The molecule has 1 aromatic carbocycles. The van der Waals surface area contributed by atoms with Crippen molar-refractivity contribution < 1.29 is 4.79 Å². The number of carbonyl (C=O) groups excluding carboxylic acids is 1. The number of hydrogen-bond acceptors (Lipinski definition) is 3. The van der Waals surface area contributed by atoms with Crippen LogP contribution in [0.1, 0.15) is 5.69 Å². The molecule has 0 atom stereocenters. The molecule has 2 rings (SSSR count). The molecule has 2 aromatic rings. The number of primary amides is 1. The lowest BCUT2D eigenvalue weighted by molar-refractivity contribution is 0.256. The Morgan fingerprint density at radius 3 is 2.65 bits per heavy atom. The number of hydrogen-bond donors (Lipinski definition) is 2. The van der Waals surface area contributed by atoms with Crippen LogP contribution < -0.4 is 11.2 Å². The van der Waals surface area contributed by atoms with Crippen LogP contribution in [0.2, 0.25) is 0 Å². The summed E-state index contributed by atoms with van der Waals surface area (Å²) >= 11 is 3.36. The lowest BCUT2D eigenvalue weighted by atomic mass is 10.1. The Morgan fingerprint density at radius 2 is 2.06 bits per heavy atom. The van der Waals surface area contributed by atoms with Gasteiger partial charge in [-0.2, -0.15) is 4.79 Å². The Labute approximate surface area is 106 Å². The van der Waals surface area contributed by atoms with Crippen molar-refractivity contribution in [3.05, 3.63) is 34.4 Å². The van der Waals surface area contributed by atoms with E-state index in [9.17, 15) is 4.79 Å². The zero-order valence-corrected chi connectivity index (χ0v) is 10.6. The number of urea groups is 1. The van der Waals surface area contributed by atoms with Crippen LogP contribution in [0.5, 0.6) is 0 Å². The molecule has 2 amide bonds. The quantitative estimate of drug-likeness (QED) is 0.883. The molecule has 0 radical (unpaired) electrons. The summed E-state index contributed by atoms with van der Waals surface area (Å²) in [7, 11) is 0. The molecule has 0 aliphatic carbocycles. The van der Waals surface area contributed by atoms with Crippen LogP contribution in [0.25, 0.3) is 11.3 Å². The minimum atomic E-state index is -0.680. The smallest absolute Gasteiger partial charge is 0.332 e. The van der Waals surface area contributed by atoms with Crippen molar-refractivity contribution >= 4 is 22.0 Å². The minimum Gasteiger partial charge on any atom is -0.350 e. The first kappa shape index (κ1) is 11.6. The molecule has 7 heteroatoms. The molecular weight excluding hydrogens is 286 g/mol. The summed E-state index contributed by atoms with van der Waals surface area (Å²) < 4.78 is 0.988. The van der Waals surface area contributed by atoms with Gasteiger partial charge in [0, 0.05) is 10.0 Å². The van der Waals surface area contributed by atoms with Crippen molar-refractivity contribution in [2.24, 2.45) is 5.73 Å². The molecule has 1 heterocycles. The fourth-order valence-corrected chi connectivity index (χ4v) is 1.68. The predicted molar refractivity (Wildman–Crippen MR) is 66.8 cm³/mol. The zero-order chi connectivity index (χ0) is 12.4. The molecule has 0 saturated heterocycles. The maximum absolute atomic E-state index is 10.7. The Morgan fingerprint density at radius 1 is 1.41 bits per heavy atom. The number of nitrogens with zero attached hydrogens (tertiary/aromatic N) is 3. The lowest BCUT2D eigenvalue weighted by Gasteiger charge is -2.02. The Balaban J connectivity index is 2.37. The van der Waals surface area contributed by atoms with Crippen LogP contribution in [-0.4, -0.2) is 21.1 Å². The molecule has 6 nitrogen and oxygen atoms in total. The topological polar surface area (TPSA) is 85.8 Å². The van der Waals surface area contributed by atoms with Crippen molar-refractivity contribution in [2.45, 2.75) is 6.92 Å². The van der Waals surface area contributed by atoms with Gasteiger partial charge in [0.1, 0.15) is 5.69 Å². The standard InChI is InChI=1S/C10H10BrN5O/c1-6-9(7-2-4-8(11)5-3-7)13-15-16(6)14-10(12)17/h2-5H,1H3,(H3,12,14,17). The van der Waals surface area contributed by atoms with Crippen molar-refractivity contribution in [3.8, 4) is 11.3 Å². The van der Waals surface area contributed by atoms with E-state index in [1.165, 1.54) is 4.79 Å². The number of halogens is 1. The Bertz CT molecular complexity index is 548. The van der Waals surface area contributed by atoms with E-state index in [4.69, 9.17) is 5.73 Å². The number of nitrogens with two attached hydrogens (primary N) is 1. The van der Waals surface area contributed by atoms with Gasteiger partial charge in [0.15, 0.2) is 0 Å². The van der Waals surface area contributed by atoms with Crippen LogP contribution in [-0.2, 0) is 0 Å². The maximum atomic E-state index is 10.7. The fourth-order valence-electron chi connectivity index (χ4n) is 1.41. The first-order valence-corrected chi connectivity index (χ1v) is 5.62. The van der Waals surface area contributed by atoms with E-state index in [2.05, 4.69) is 31.7 Å². The molecular formula is C10H10BrN5O. The molecule has 0 spiro atoms. The number of carbonyl (C=O) groups is 1. The first-order valence-electron chi connectivity index (χ1n) is 4.82. The van der Waals surface area contributed by atoms with Gasteiger partial charge in [-0.25, -0.2) is 10.2 Å². The van der Waals surface area contributed by atoms with Gasteiger partial charge in [-0.1, -0.05) is 28.1 Å². The third-order valence-electron chi connectivity index (χ3n) is 2.23. The van der Waals surface area contributed by atoms with Crippen LogP contribution in [0.3, 0.4) is 0 Å². The highest BCUT2D eigenvalue weighted by molar-refractivity contribution is 9.10. The Kier molecular flexibility index (Phi) is 3.10. The molecule has 3 N–H and O–H groups in total. The van der Waals surface area contributed by atoms with Crippen LogP contribution in [0, 0.1) is 6.92 Å². The molecule has 1 aromatic heterocycles. The fraction of sp³-hybridized carbons (Fsp3) is 0.100. The van der Waals surface area contributed by atoms with Crippen molar-refractivity contribution in [2.75, 3.05) is 5.43 Å². The number of nitrogens with one attached hydrogen (secondary N) is 1. The summed E-state index contributed by atoms with van der Waals surface area (Å²) in [6, 6.07) is 6.97. The van der Waals surface area contributed by atoms with Crippen molar-refractivity contribution in [1.82, 2.24) is 15.1 Å². The minimum absolute atomic E-state index is 0.680. The summed E-state index contributed by atoms with van der Waals surface area (Å²) in [6.45, 7) is 1.80. The predicted octanol–water partition coefficient (Wildman–Crippen LogP) is 1.64. The van der Waals surface area contributed by atoms with Gasteiger partial charge in [-0.3, -0.25) is 0 Å². The second kappa shape index (κ2) is 4.54. The van der Waals surface area contributed by atoms with Crippen molar-refractivity contribution in [3.63, 3.8) is 0 Å². The summed E-state index contributed by atoms with van der Waals surface area (Å²) in [5, 5.41) is 7.79. The third-order valence-corrected chi connectivity index (χ3v) is 2.76. The highest BCUT2D eigenvalue weighted by Gasteiger charge is 2.11. The SMILES string of the molecule is Cc1c(-c2ccc(Br)cc2)nnn1NC(N)=O. The second-order valence-corrected chi connectivity index (χ2v) is 4.33. The number of benzene rings is 1. The molecule has 88 valence electrons. The van der Waals surface area contributed by atoms with E-state index >= 15 is 0 Å².